The highest BCUT2D eigenvalue weighted by Crippen LogP contribution is 2.20. The normalized spacial score (nSPS) is 12.9. The van der Waals surface area contributed by atoms with Gasteiger partial charge in [0.1, 0.15) is 0 Å². The van der Waals surface area contributed by atoms with E-state index in [0.29, 0.717) is 6.42 Å². The minimum absolute atomic E-state index is 0.253. The van der Waals surface area contributed by atoms with Gasteiger partial charge in [0.2, 0.25) is 0 Å². The molecule has 0 fully saturated rings. The summed E-state index contributed by atoms with van der Waals surface area (Å²) < 4.78 is 0. The van der Waals surface area contributed by atoms with Gasteiger partial charge in [0.15, 0.2) is 0 Å². The minimum atomic E-state index is -0.253. The Hall–Kier alpha value is -0.530. The van der Waals surface area contributed by atoms with Crippen molar-refractivity contribution in [3.05, 3.63) is 34.3 Å². The average molecular weight is 199 g/mol. The van der Waals surface area contributed by atoms with Crippen LogP contribution in [0.15, 0.2) is 18.2 Å². The number of halogens is 1. The van der Waals surface area contributed by atoms with E-state index in [1.165, 1.54) is 0 Å². The number of rotatable bonds is 3. The molecule has 1 atom stereocenters. The van der Waals surface area contributed by atoms with E-state index in [-0.39, 0.29) is 6.10 Å². The molecule has 0 radical (unpaired) electrons. The number of hydrogen-bond acceptors (Lipinski definition) is 1. The molecule has 0 spiro atoms. The first-order valence-corrected chi connectivity index (χ1v) is 4.95. The van der Waals surface area contributed by atoms with Gasteiger partial charge < -0.3 is 5.11 Å². The number of benzene rings is 1. The maximum Gasteiger partial charge on any atom is 0.0578 e. The highest BCUT2D eigenvalue weighted by molar-refractivity contribution is 6.31. The van der Waals surface area contributed by atoms with Gasteiger partial charge in [-0.25, -0.2) is 0 Å². The number of aliphatic hydroxyl groups is 1. The Labute approximate surface area is 84.4 Å². The summed E-state index contributed by atoms with van der Waals surface area (Å²) in [5.74, 6) is 0. The van der Waals surface area contributed by atoms with E-state index in [0.717, 1.165) is 22.6 Å². The summed E-state index contributed by atoms with van der Waals surface area (Å²) in [4.78, 5) is 0. The molecule has 13 heavy (non-hydrogen) atoms. The zero-order valence-electron chi connectivity index (χ0n) is 8.05. The Morgan fingerprint density at radius 1 is 1.46 bits per heavy atom. The molecule has 0 saturated carbocycles. The summed E-state index contributed by atoms with van der Waals surface area (Å²) in [6.07, 6.45) is 1.23. The molecule has 1 rings (SSSR count). The van der Waals surface area contributed by atoms with Gasteiger partial charge in [-0.3, -0.25) is 0 Å². The third kappa shape index (κ3) is 2.71. The molecule has 0 aromatic heterocycles. The first-order chi connectivity index (χ1) is 6.15. The lowest BCUT2D eigenvalue weighted by Crippen LogP contribution is -2.09. The first-order valence-electron chi connectivity index (χ1n) is 4.57. The lowest BCUT2D eigenvalue weighted by molar-refractivity contribution is 0.170. The van der Waals surface area contributed by atoms with Gasteiger partial charge in [-0.1, -0.05) is 30.7 Å². The lowest BCUT2D eigenvalue weighted by Gasteiger charge is -2.10. The van der Waals surface area contributed by atoms with Gasteiger partial charge >= 0.3 is 0 Å². The monoisotopic (exact) mass is 198 g/mol. The first kappa shape index (κ1) is 10.6. The van der Waals surface area contributed by atoms with Crippen LogP contribution in [0, 0.1) is 6.92 Å². The molecule has 72 valence electrons. The maximum atomic E-state index is 9.48. The van der Waals surface area contributed by atoms with E-state index in [1.54, 1.807) is 0 Å². The number of aliphatic hydroxyl groups excluding tert-OH is 1. The van der Waals surface area contributed by atoms with Crippen molar-refractivity contribution in [1.82, 2.24) is 0 Å². The standard InChI is InChI=1S/C11H15ClO/c1-3-10(13)7-9-5-4-6-11(12)8(9)2/h4-6,10,13H,3,7H2,1-2H3/t10-/m1/s1. The molecular weight excluding hydrogens is 184 g/mol. The van der Waals surface area contributed by atoms with Gasteiger partial charge in [-0.05, 0) is 37.0 Å². The summed E-state index contributed by atoms with van der Waals surface area (Å²) in [5.41, 5.74) is 2.22. The van der Waals surface area contributed by atoms with Crippen LogP contribution in [0.1, 0.15) is 24.5 Å². The second-order valence-corrected chi connectivity index (χ2v) is 3.70. The zero-order valence-corrected chi connectivity index (χ0v) is 8.80. The van der Waals surface area contributed by atoms with Crippen LogP contribution in [0.4, 0.5) is 0 Å². The summed E-state index contributed by atoms with van der Waals surface area (Å²) >= 11 is 5.96. The van der Waals surface area contributed by atoms with Crippen LogP contribution in [0.25, 0.3) is 0 Å². The molecule has 0 saturated heterocycles. The molecule has 0 aliphatic heterocycles. The third-order valence-electron chi connectivity index (χ3n) is 2.31. The molecule has 0 heterocycles. The van der Waals surface area contributed by atoms with Crippen LogP contribution in [0.2, 0.25) is 5.02 Å². The Kier molecular flexibility index (Phi) is 3.76. The fourth-order valence-electron chi connectivity index (χ4n) is 1.27. The van der Waals surface area contributed by atoms with E-state index in [4.69, 9.17) is 11.6 Å². The summed E-state index contributed by atoms with van der Waals surface area (Å²) in [6.45, 7) is 3.96. The molecule has 0 bridgehead atoms. The summed E-state index contributed by atoms with van der Waals surface area (Å²) in [5, 5.41) is 10.3. The van der Waals surface area contributed by atoms with Crippen LogP contribution in [-0.2, 0) is 6.42 Å². The van der Waals surface area contributed by atoms with E-state index in [9.17, 15) is 5.11 Å². The van der Waals surface area contributed by atoms with E-state index < -0.39 is 0 Å². The molecule has 1 aromatic rings. The van der Waals surface area contributed by atoms with Crippen LogP contribution < -0.4 is 0 Å². The maximum absolute atomic E-state index is 9.48. The predicted molar refractivity (Wildman–Crippen MR) is 56.2 cm³/mol. The highest BCUT2D eigenvalue weighted by Gasteiger charge is 2.06. The molecule has 1 N–H and O–H groups in total. The topological polar surface area (TPSA) is 20.2 Å². The molecule has 1 nitrogen and oxygen atoms in total. The van der Waals surface area contributed by atoms with Crippen molar-refractivity contribution in [3.8, 4) is 0 Å². The van der Waals surface area contributed by atoms with Crippen LogP contribution in [-0.4, -0.2) is 11.2 Å². The van der Waals surface area contributed by atoms with Crippen molar-refractivity contribution in [2.75, 3.05) is 0 Å². The van der Waals surface area contributed by atoms with Crippen molar-refractivity contribution in [1.29, 1.82) is 0 Å². The quantitative estimate of drug-likeness (QED) is 0.792. The zero-order chi connectivity index (χ0) is 9.84. The van der Waals surface area contributed by atoms with Gasteiger partial charge in [0.25, 0.3) is 0 Å². The summed E-state index contributed by atoms with van der Waals surface area (Å²) in [7, 11) is 0. The Morgan fingerprint density at radius 3 is 2.77 bits per heavy atom. The number of hydrogen-bond donors (Lipinski definition) is 1. The van der Waals surface area contributed by atoms with Crippen molar-refractivity contribution < 1.29 is 5.11 Å². The fourth-order valence-corrected chi connectivity index (χ4v) is 1.47. The summed E-state index contributed by atoms with van der Waals surface area (Å²) in [6, 6.07) is 5.81. The van der Waals surface area contributed by atoms with Crippen molar-refractivity contribution in [3.63, 3.8) is 0 Å². The minimum Gasteiger partial charge on any atom is -0.393 e. The van der Waals surface area contributed by atoms with Crippen LogP contribution >= 0.6 is 11.6 Å². The molecule has 1 aromatic carbocycles. The molecule has 2 heteroatoms. The Morgan fingerprint density at radius 2 is 2.15 bits per heavy atom. The second kappa shape index (κ2) is 4.64. The van der Waals surface area contributed by atoms with Gasteiger partial charge in [-0.2, -0.15) is 0 Å². The molecule has 0 unspecified atom stereocenters. The van der Waals surface area contributed by atoms with E-state index in [1.807, 2.05) is 32.0 Å². The largest absolute Gasteiger partial charge is 0.393 e. The van der Waals surface area contributed by atoms with Gasteiger partial charge in [-0.15, -0.1) is 0 Å². The molecule has 0 amide bonds. The van der Waals surface area contributed by atoms with E-state index in [2.05, 4.69) is 0 Å². The Balaban J connectivity index is 2.83. The second-order valence-electron chi connectivity index (χ2n) is 3.29. The van der Waals surface area contributed by atoms with Gasteiger partial charge in [0.05, 0.1) is 6.10 Å². The molecule has 0 aliphatic carbocycles. The Bertz CT molecular complexity index is 283. The average Bonchev–Trinajstić information content (AvgIpc) is 2.13. The third-order valence-corrected chi connectivity index (χ3v) is 2.72. The van der Waals surface area contributed by atoms with Crippen LogP contribution in [0.5, 0.6) is 0 Å². The fraction of sp³-hybridized carbons (Fsp3) is 0.455. The lowest BCUT2D eigenvalue weighted by atomic mass is 10.0. The molecular formula is C11H15ClO. The SMILES string of the molecule is CC[C@@H](O)Cc1cccc(Cl)c1C. The van der Waals surface area contributed by atoms with E-state index >= 15 is 0 Å². The smallest absolute Gasteiger partial charge is 0.0578 e. The van der Waals surface area contributed by atoms with Crippen molar-refractivity contribution in [2.24, 2.45) is 0 Å². The van der Waals surface area contributed by atoms with Crippen LogP contribution in [0.3, 0.4) is 0 Å². The molecule has 0 aliphatic rings. The highest BCUT2D eigenvalue weighted by atomic mass is 35.5. The van der Waals surface area contributed by atoms with Crippen molar-refractivity contribution >= 4 is 11.6 Å². The van der Waals surface area contributed by atoms with Crippen molar-refractivity contribution in [2.45, 2.75) is 32.8 Å². The predicted octanol–water partition coefficient (Wildman–Crippen LogP) is 2.96. The van der Waals surface area contributed by atoms with Gasteiger partial charge in [0, 0.05) is 5.02 Å².